The Morgan fingerprint density at radius 1 is 1.26 bits per heavy atom. The molecule has 1 rings (SSSR count). The standard InChI is InChI=1S/C13H23N5O/c1-4-5-15-11-7-14-8-12(18-11)16-9-13(19)17-6-10(2)3/h7-8,10H,4-6,9H2,1-3H3,(H,17,19)(H2,15,16,18). The highest BCUT2D eigenvalue weighted by Crippen LogP contribution is 2.05. The van der Waals surface area contributed by atoms with Crippen LogP contribution in [0.5, 0.6) is 0 Å². The van der Waals surface area contributed by atoms with Crippen molar-refractivity contribution in [2.24, 2.45) is 5.92 Å². The van der Waals surface area contributed by atoms with E-state index in [0.29, 0.717) is 18.3 Å². The van der Waals surface area contributed by atoms with Gasteiger partial charge in [-0.1, -0.05) is 20.8 Å². The zero-order chi connectivity index (χ0) is 14.1. The molecule has 0 spiro atoms. The van der Waals surface area contributed by atoms with Gasteiger partial charge in [-0.3, -0.25) is 9.78 Å². The van der Waals surface area contributed by atoms with Crippen molar-refractivity contribution in [2.45, 2.75) is 27.2 Å². The van der Waals surface area contributed by atoms with E-state index in [2.05, 4.69) is 46.7 Å². The Morgan fingerprint density at radius 3 is 2.58 bits per heavy atom. The first-order valence-electron chi connectivity index (χ1n) is 6.68. The molecule has 1 heterocycles. The highest BCUT2D eigenvalue weighted by molar-refractivity contribution is 5.80. The average Bonchev–Trinajstić information content (AvgIpc) is 2.41. The van der Waals surface area contributed by atoms with Gasteiger partial charge >= 0.3 is 0 Å². The molecule has 6 nitrogen and oxygen atoms in total. The van der Waals surface area contributed by atoms with Crippen molar-refractivity contribution in [3.05, 3.63) is 12.4 Å². The number of hydrogen-bond acceptors (Lipinski definition) is 5. The molecule has 0 aliphatic carbocycles. The third-order valence-corrected chi connectivity index (χ3v) is 2.33. The van der Waals surface area contributed by atoms with Crippen LogP contribution in [0.25, 0.3) is 0 Å². The first-order chi connectivity index (χ1) is 9.11. The summed E-state index contributed by atoms with van der Waals surface area (Å²) in [6.45, 7) is 7.95. The van der Waals surface area contributed by atoms with Gasteiger partial charge in [-0.25, -0.2) is 4.98 Å². The van der Waals surface area contributed by atoms with Crippen LogP contribution in [0, 0.1) is 5.92 Å². The number of amides is 1. The van der Waals surface area contributed by atoms with Gasteiger partial charge in [-0.15, -0.1) is 0 Å². The molecule has 0 aromatic carbocycles. The molecule has 0 aliphatic heterocycles. The van der Waals surface area contributed by atoms with Gasteiger partial charge in [-0.2, -0.15) is 0 Å². The van der Waals surface area contributed by atoms with Gasteiger partial charge in [0.2, 0.25) is 5.91 Å². The molecule has 0 saturated carbocycles. The minimum atomic E-state index is -0.0394. The lowest BCUT2D eigenvalue weighted by Crippen LogP contribution is -2.32. The van der Waals surface area contributed by atoms with Crippen LogP contribution in [-0.4, -0.2) is 35.5 Å². The summed E-state index contributed by atoms with van der Waals surface area (Å²) < 4.78 is 0. The molecule has 3 N–H and O–H groups in total. The van der Waals surface area contributed by atoms with Crippen LogP contribution in [-0.2, 0) is 4.79 Å². The number of aromatic nitrogens is 2. The van der Waals surface area contributed by atoms with Crippen LogP contribution >= 0.6 is 0 Å². The number of carbonyl (C=O) groups excluding carboxylic acids is 1. The lowest BCUT2D eigenvalue weighted by atomic mass is 10.2. The Bertz CT molecular complexity index is 394. The number of carbonyl (C=O) groups is 1. The highest BCUT2D eigenvalue weighted by Gasteiger charge is 2.03. The molecule has 0 unspecified atom stereocenters. The molecule has 6 heteroatoms. The fourth-order valence-electron chi connectivity index (χ4n) is 1.34. The fourth-order valence-corrected chi connectivity index (χ4v) is 1.34. The Kier molecular flexibility index (Phi) is 6.63. The van der Waals surface area contributed by atoms with E-state index in [-0.39, 0.29) is 12.5 Å². The quantitative estimate of drug-likeness (QED) is 0.663. The fraction of sp³-hybridized carbons (Fsp3) is 0.615. The van der Waals surface area contributed by atoms with Crippen molar-refractivity contribution in [1.29, 1.82) is 0 Å². The predicted molar refractivity (Wildman–Crippen MR) is 77.2 cm³/mol. The van der Waals surface area contributed by atoms with Crippen molar-refractivity contribution >= 4 is 17.5 Å². The van der Waals surface area contributed by atoms with E-state index in [4.69, 9.17) is 0 Å². The maximum atomic E-state index is 11.5. The van der Waals surface area contributed by atoms with Crippen LogP contribution in [0.3, 0.4) is 0 Å². The number of nitrogens with one attached hydrogen (secondary N) is 3. The normalized spacial score (nSPS) is 10.3. The molecule has 1 aromatic rings. The molecule has 1 amide bonds. The van der Waals surface area contributed by atoms with E-state index in [1.807, 2.05) is 0 Å². The summed E-state index contributed by atoms with van der Waals surface area (Å²) in [5.41, 5.74) is 0. The minimum Gasteiger partial charge on any atom is -0.369 e. The maximum Gasteiger partial charge on any atom is 0.239 e. The Labute approximate surface area is 114 Å². The first kappa shape index (κ1) is 15.2. The third kappa shape index (κ3) is 6.59. The Hall–Kier alpha value is -1.85. The molecule has 1 aromatic heterocycles. The molecular weight excluding hydrogens is 242 g/mol. The summed E-state index contributed by atoms with van der Waals surface area (Å²) in [6, 6.07) is 0. The van der Waals surface area contributed by atoms with Gasteiger partial charge in [0.15, 0.2) is 0 Å². The van der Waals surface area contributed by atoms with Crippen LogP contribution < -0.4 is 16.0 Å². The van der Waals surface area contributed by atoms with E-state index in [1.165, 1.54) is 0 Å². The third-order valence-electron chi connectivity index (χ3n) is 2.33. The van der Waals surface area contributed by atoms with Gasteiger partial charge in [0.1, 0.15) is 11.6 Å². The topological polar surface area (TPSA) is 78.9 Å². The summed E-state index contributed by atoms with van der Waals surface area (Å²) in [5, 5.41) is 8.94. The van der Waals surface area contributed by atoms with Crippen molar-refractivity contribution in [3.63, 3.8) is 0 Å². The summed E-state index contributed by atoms with van der Waals surface area (Å²) in [7, 11) is 0. The lowest BCUT2D eigenvalue weighted by Gasteiger charge is -2.09. The van der Waals surface area contributed by atoms with Crippen molar-refractivity contribution in [3.8, 4) is 0 Å². The summed E-state index contributed by atoms with van der Waals surface area (Å²) >= 11 is 0. The van der Waals surface area contributed by atoms with Gasteiger partial charge in [0.05, 0.1) is 18.9 Å². The smallest absolute Gasteiger partial charge is 0.239 e. The molecule has 0 bridgehead atoms. The average molecular weight is 265 g/mol. The Balaban J connectivity index is 2.38. The largest absolute Gasteiger partial charge is 0.369 e. The SMILES string of the molecule is CCCNc1cncc(NCC(=O)NCC(C)C)n1. The summed E-state index contributed by atoms with van der Waals surface area (Å²) in [5.74, 6) is 1.72. The second-order valence-corrected chi connectivity index (χ2v) is 4.77. The monoisotopic (exact) mass is 265 g/mol. The van der Waals surface area contributed by atoms with Gasteiger partial charge in [0.25, 0.3) is 0 Å². The van der Waals surface area contributed by atoms with Crippen LogP contribution in [0.15, 0.2) is 12.4 Å². The van der Waals surface area contributed by atoms with Gasteiger partial charge < -0.3 is 16.0 Å². The van der Waals surface area contributed by atoms with Crippen LogP contribution in [0.4, 0.5) is 11.6 Å². The van der Waals surface area contributed by atoms with Crippen LogP contribution in [0.1, 0.15) is 27.2 Å². The molecule has 0 atom stereocenters. The lowest BCUT2D eigenvalue weighted by molar-refractivity contribution is -0.119. The van der Waals surface area contributed by atoms with E-state index in [1.54, 1.807) is 12.4 Å². The van der Waals surface area contributed by atoms with E-state index >= 15 is 0 Å². The molecule has 106 valence electrons. The van der Waals surface area contributed by atoms with Gasteiger partial charge in [0, 0.05) is 13.1 Å². The summed E-state index contributed by atoms with van der Waals surface area (Å²) in [4.78, 5) is 19.9. The van der Waals surface area contributed by atoms with E-state index in [0.717, 1.165) is 18.8 Å². The maximum absolute atomic E-state index is 11.5. The Morgan fingerprint density at radius 2 is 1.95 bits per heavy atom. The van der Waals surface area contributed by atoms with E-state index in [9.17, 15) is 4.79 Å². The zero-order valence-electron chi connectivity index (χ0n) is 11.9. The molecular formula is C13H23N5O. The molecule has 0 radical (unpaired) electrons. The molecule has 0 fully saturated rings. The van der Waals surface area contributed by atoms with E-state index < -0.39 is 0 Å². The first-order valence-corrected chi connectivity index (χ1v) is 6.68. The number of rotatable bonds is 8. The minimum absolute atomic E-state index is 0.0394. The second kappa shape index (κ2) is 8.29. The highest BCUT2D eigenvalue weighted by atomic mass is 16.1. The second-order valence-electron chi connectivity index (χ2n) is 4.77. The zero-order valence-corrected chi connectivity index (χ0v) is 11.9. The molecule has 0 saturated heterocycles. The predicted octanol–water partition coefficient (Wildman–Crippen LogP) is 1.48. The number of nitrogens with zero attached hydrogens (tertiary/aromatic N) is 2. The number of hydrogen-bond donors (Lipinski definition) is 3. The summed E-state index contributed by atoms with van der Waals surface area (Å²) in [6.07, 6.45) is 4.30. The molecule has 19 heavy (non-hydrogen) atoms. The van der Waals surface area contributed by atoms with Gasteiger partial charge in [-0.05, 0) is 12.3 Å². The van der Waals surface area contributed by atoms with Crippen molar-refractivity contribution in [2.75, 3.05) is 30.3 Å². The van der Waals surface area contributed by atoms with Crippen LogP contribution in [0.2, 0.25) is 0 Å². The van der Waals surface area contributed by atoms with Crippen molar-refractivity contribution < 1.29 is 4.79 Å². The molecule has 0 aliphatic rings. The number of anilines is 2. The van der Waals surface area contributed by atoms with Crippen molar-refractivity contribution in [1.82, 2.24) is 15.3 Å².